The van der Waals surface area contributed by atoms with Crippen molar-refractivity contribution < 1.29 is 9.90 Å². The zero-order chi connectivity index (χ0) is 15.0. The second kappa shape index (κ2) is 5.63. The number of carbonyl (C=O) groups is 1. The largest absolute Gasteiger partial charge is 0.508 e. The summed E-state index contributed by atoms with van der Waals surface area (Å²) in [6.45, 7) is 1.97. The second-order valence-corrected chi connectivity index (χ2v) is 6.99. The molecule has 1 aromatic carbocycles. The highest BCUT2D eigenvalue weighted by atomic mass is 32.1. The average molecular weight is 333 g/mol. The van der Waals surface area contributed by atoms with Crippen molar-refractivity contribution in [2.75, 3.05) is 0 Å². The van der Waals surface area contributed by atoms with Crippen molar-refractivity contribution in [2.45, 2.75) is 6.92 Å². The summed E-state index contributed by atoms with van der Waals surface area (Å²) in [5.41, 5.74) is 2.65. The number of hydrogen-bond donors (Lipinski definition) is 2. The third-order valence-electron chi connectivity index (χ3n) is 3.01. The van der Waals surface area contributed by atoms with Crippen LogP contribution in [0.25, 0.3) is 21.8 Å². The number of nitrogens with zero attached hydrogens (tertiary/aromatic N) is 1. The first-order valence-electron chi connectivity index (χ1n) is 6.13. The maximum atomic E-state index is 11.3. The molecule has 0 aliphatic rings. The molecule has 2 aromatic heterocycles. The van der Waals surface area contributed by atoms with Gasteiger partial charge in [0.15, 0.2) is 0 Å². The van der Waals surface area contributed by atoms with Gasteiger partial charge in [0.2, 0.25) is 5.12 Å². The molecule has 0 fully saturated rings. The Labute approximate surface area is 135 Å². The number of aromatic hydroxyl groups is 1. The number of phenols is 1. The van der Waals surface area contributed by atoms with Gasteiger partial charge in [-0.2, -0.15) is 0 Å². The van der Waals surface area contributed by atoms with Crippen LogP contribution in [0, 0.1) is 6.92 Å². The summed E-state index contributed by atoms with van der Waals surface area (Å²) in [6.07, 6.45) is 0. The zero-order valence-electron chi connectivity index (χ0n) is 11.0. The fraction of sp³-hybridized carbons (Fsp3) is 0.0667. The SMILES string of the molecule is Cc1sc(C(=O)S)cc1-c1nc(-c2cccc(O)c2)cs1. The number of hydrogen-bond acceptors (Lipinski definition) is 5. The van der Waals surface area contributed by atoms with Crippen LogP contribution in [0.15, 0.2) is 35.7 Å². The fourth-order valence-electron chi connectivity index (χ4n) is 2.00. The lowest BCUT2D eigenvalue weighted by Crippen LogP contribution is -1.81. The van der Waals surface area contributed by atoms with E-state index in [1.807, 2.05) is 24.4 Å². The lowest BCUT2D eigenvalue weighted by molar-refractivity contribution is 0.109. The number of carbonyl (C=O) groups excluding carboxylic acids is 1. The van der Waals surface area contributed by atoms with Gasteiger partial charge in [0.1, 0.15) is 10.8 Å². The van der Waals surface area contributed by atoms with E-state index in [1.165, 1.54) is 22.7 Å². The van der Waals surface area contributed by atoms with Crippen LogP contribution >= 0.6 is 35.3 Å². The van der Waals surface area contributed by atoms with Crippen molar-refractivity contribution in [2.24, 2.45) is 0 Å². The third kappa shape index (κ3) is 2.88. The Bertz CT molecular complexity index is 820. The molecule has 6 heteroatoms. The van der Waals surface area contributed by atoms with E-state index in [9.17, 15) is 9.90 Å². The Kier molecular flexibility index (Phi) is 3.84. The smallest absolute Gasteiger partial charge is 0.226 e. The van der Waals surface area contributed by atoms with E-state index in [4.69, 9.17) is 0 Å². The first kappa shape index (κ1) is 14.3. The monoisotopic (exact) mass is 333 g/mol. The molecule has 21 heavy (non-hydrogen) atoms. The van der Waals surface area contributed by atoms with Gasteiger partial charge < -0.3 is 5.11 Å². The Morgan fingerprint density at radius 3 is 2.81 bits per heavy atom. The number of benzene rings is 1. The Hall–Kier alpha value is -1.63. The first-order valence-corrected chi connectivity index (χ1v) is 8.28. The summed E-state index contributed by atoms with van der Waals surface area (Å²) in [5, 5.41) is 12.1. The fourth-order valence-corrected chi connectivity index (χ4v) is 4.02. The molecule has 0 aliphatic heterocycles. The number of rotatable bonds is 3. The van der Waals surface area contributed by atoms with Gasteiger partial charge in [0.25, 0.3) is 0 Å². The highest BCUT2D eigenvalue weighted by Gasteiger charge is 2.14. The highest BCUT2D eigenvalue weighted by Crippen LogP contribution is 2.35. The molecular weight excluding hydrogens is 322 g/mol. The van der Waals surface area contributed by atoms with Crippen molar-refractivity contribution in [3.05, 3.63) is 45.5 Å². The molecule has 0 saturated carbocycles. The topological polar surface area (TPSA) is 50.2 Å². The van der Waals surface area contributed by atoms with Crippen molar-refractivity contribution in [3.63, 3.8) is 0 Å². The summed E-state index contributed by atoms with van der Waals surface area (Å²) in [6, 6.07) is 8.84. The van der Waals surface area contributed by atoms with Crippen molar-refractivity contribution >= 4 is 40.4 Å². The predicted octanol–water partition coefficient (Wildman–Crippen LogP) is 4.62. The van der Waals surface area contributed by atoms with Gasteiger partial charge in [-0.3, -0.25) is 4.79 Å². The lowest BCUT2D eigenvalue weighted by Gasteiger charge is -1.97. The summed E-state index contributed by atoms with van der Waals surface area (Å²) in [5.74, 6) is 0.219. The molecular formula is C15H11NO2S3. The minimum atomic E-state index is -0.223. The van der Waals surface area contributed by atoms with E-state index in [-0.39, 0.29) is 10.9 Å². The molecule has 0 spiro atoms. The minimum absolute atomic E-state index is 0.219. The molecule has 3 aromatic rings. The van der Waals surface area contributed by atoms with Crippen molar-refractivity contribution in [1.82, 2.24) is 4.98 Å². The lowest BCUT2D eigenvalue weighted by atomic mass is 10.1. The quantitative estimate of drug-likeness (QED) is 0.688. The maximum absolute atomic E-state index is 11.3. The summed E-state index contributed by atoms with van der Waals surface area (Å²) in [4.78, 5) is 17.6. The van der Waals surface area contributed by atoms with Gasteiger partial charge in [-0.15, -0.1) is 22.7 Å². The van der Waals surface area contributed by atoms with Gasteiger partial charge in [-0.05, 0) is 25.1 Å². The standard InChI is InChI=1S/C15H11NO2S3/c1-8-11(6-13(21-8)15(18)19)14-16-12(7-20-14)9-3-2-4-10(17)5-9/h2-7,17H,1H3,(H,18,19). The highest BCUT2D eigenvalue weighted by molar-refractivity contribution is 7.97. The normalized spacial score (nSPS) is 10.8. The van der Waals surface area contributed by atoms with E-state index in [2.05, 4.69) is 17.6 Å². The molecule has 0 aliphatic carbocycles. The number of aryl methyl sites for hydroxylation is 1. The number of thiol groups is 1. The molecule has 0 saturated heterocycles. The molecule has 0 atom stereocenters. The van der Waals surface area contributed by atoms with Crippen LogP contribution in [0.1, 0.15) is 14.5 Å². The first-order chi connectivity index (χ1) is 10.0. The number of aromatic nitrogens is 1. The predicted molar refractivity (Wildman–Crippen MR) is 90.6 cm³/mol. The summed E-state index contributed by atoms with van der Waals surface area (Å²) >= 11 is 6.81. The zero-order valence-corrected chi connectivity index (χ0v) is 13.6. The van der Waals surface area contributed by atoms with E-state index in [1.54, 1.807) is 18.2 Å². The molecule has 3 nitrogen and oxygen atoms in total. The maximum Gasteiger partial charge on any atom is 0.226 e. The van der Waals surface area contributed by atoms with Crippen LogP contribution in [-0.4, -0.2) is 15.2 Å². The van der Waals surface area contributed by atoms with E-state index < -0.39 is 0 Å². The van der Waals surface area contributed by atoms with Crippen molar-refractivity contribution in [3.8, 4) is 27.6 Å². The molecule has 106 valence electrons. The van der Waals surface area contributed by atoms with E-state index >= 15 is 0 Å². The minimum Gasteiger partial charge on any atom is -0.508 e. The second-order valence-electron chi connectivity index (χ2n) is 4.47. The molecule has 0 bridgehead atoms. The van der Waals surface area contributed by atoms with Gasteiger partial charge in [-0.25, -0.2) is 4.98 Å². The molecule has 0 radical (unpaired) electrons. The van der Waals surface area contributed by atoms with Crippen LogP contribution in [-0.2, 0) is 0 Å². The molecule has 2 heterocycles. The molecule has 3 rings (SSSR count). The number of thiazole rings is 1. The van der Waals surface area contributed by atoms with Gasteiger partial charge in [0, 0.05) is 21.4 Å². The Morgan fingerprint density at radius 1 is 1.33 bits per heavy atom. The van der Waals surface area contributed by atoms with Gasteiger partial charge >= 0.3 is 0 Å². The van der Waals surface area contributed by atoms with Gasteiger partial charge in [0.05, 0.1) is 10.6 Å². The molecule has 0 amide bonds. The summed E-state index contributed by atoms with van der Waals surface area (Å²) < 4.78 is 0. The third-order valence-corrected chi connectivity index (χ3v) is 5.32. The van der Waals surface area contributed by atoms with Crippen LogP contribution in [0.2, 0.25) is 0 Å². The van der Waals surface area contributed by atoms with Crippen LogP contribution in [0.5, 0.6) is 5.75 Å². The summed E-state index contributed by atoms with van der Waals surface area (Å²) in [7, 11) is 0. The number of phenolic OH excluding ortho intramolecular Hbond substituents is 1. The average Bonchev–Trinajstić information content (AvgIpc) is 3.05. The van der Waals surface area contributed by atoms with Crippen LogP contribution in [0.3, 0.4) is 0 Å². The Morgan fingerprint density at radius 2 is 2.14 bits per heavy atom. The van der Waals surface area contributed by atoms with Crippen LogP contribution < -0.4 is 0 Å². The van der Waals surface area contributed by atoms with Crippen molar-refractivity contribution in [1.29, 1.82) is 0 Å². The van der Waals surface area contributed by atoms with Crippen LogP contribution in [0.4, 0.5) is 0 Å². The Balaban J connectivity index is 2.00. The molecule has 1 N–H and O–H groups in total. The van der Waals surface area contributed by atoms with Gasteiger partial charge in [-0.1, -0.05) is 24.8 Å². The van der Waals surface area contributed by atoms with E-state index in [0.717, 1.165) is 26.7 Å². The number of thiophene rings is 1. The van der Waals surface area contributed by atoms with E-state index in [0.29, 0.717) is 4.88 Å². The molecule has 0 unspecified atom stereocenters.